The minimum Gasteiger partial charge on any atom is -0.758 e. The van der Waals surface area contributed by atoms with Gasteiger partial charge in [-0.3, -0.25) is 4.79 Å². The number of carbonyl (C=O) groups excluding carboxylic acids is 1. The zero-order chi connectivity index (χ0) is 10.9. The minimum atomic E-state index is -0.738. The maximum Gasteiger partial charge on any atom is 0.161 e. The molecule has 0 atom stereocenters. The van der Waals surface area contributed by atoms with Crippen LogP contribution < -0.4 is 5.06 Å². The molecular weight excluding hydrogens is 209 g/mol. The Morgan fingerprint density at radius 1 is 1.57 bits per heavy atom. The lowest BCUT2D eigenvalue weighted by atomic mass is 10.1. The van der Waals surface area contributed by atoms with Gasteiger partial charge < -0.3 is 10.3 Å². The Hall–Kier alpha value is -1.13. The molecule has 1 aromatic carbocycles. The molecule has 14 heavy (non-hydrogen) atoms. The van der Waals surface area contributed by atoms with Crippen molar-refractivity contribution >= 4 is 23.1 Å². The van der Waals surface area contributed by atoms with Crippen LogP contribution in [0.3, 0.4) is 0 Å². The smallest absolute Gasteiger partial charge is 0.161 e. The molecule has 0 radical (unpaired) electrons. The van der Waals surface area contributed by atoms with Gasteiger partial charge in [-0.1, -0.05) is 11.6 Å². The van der Waals surface area contributed by atoms with Gasteiger partial charge in [0.1, 0.15) is 5.82 Å². The van der Waals surface area contributed by atoms with Gasteiger partial charge in [0.25, 0.3) is 0 Å². The molecule has 1 aromatic rings. The van der Waals surface area contributed by atoms with E-state index in [0.717, 1.165) is 19.2 Å². The van der Waals surface area contributed by atoms with Gasteiger partial charge in [0.05, 0.1) is 10.7 Å². The molecule has 76 valence electrons. The largest absolute Gasteiger partial charge is 0.758 e. The standard InChI is InChI=1S/C9H8ClFNO2/c1-5(13)6-3-9(12(2)14)8(11)4-7(6)10/h3-4H,1-2H3/q-1. The third kappa shape index (κ3) is 2.02. The fourth-order valence-electron chi connectivity index (χ4n) is 1.05. The van der Waals surface area contributed by atoms with Crippen molar-refractivity contribution in [1.29, 1.82) is 0 Å². The number of hydrogen-bond donors (Lipinski definition) is 0. The molecule has 0 aromatic heterocycles. The topological polar surface area (TPSA) is 43.4 Å². The predicted molar refractivity (Wildman–Crippen MR) is 53.2 cm³/mol. The summed E-state index contributed by atoms with van der Waals surface area (Å²) in [5, 5.41) is 11.2. The zero-order valence-corrected chi connectivity index (χ0v) is 8.43. The Labute approximate surface area is 85.7 Å². The van der Waals surface area contributed by atoms with Crippen molar-refractivity contribution in [2.24, 2.45) is 0 Å². The van der Waals surface area contributed by atoms with Crippen molar-refractivity contribution in [1.82, 2.24) is 0 Å². The second kappa shape index (κ2) is 3.94. The van der Waals surface area contributed by atoms with Crippen LogP contribution in [0.15, 0.2) is 12.1 Å². The van der Waals surface area contributed by atoms with E-state index in [-0.39, 0.29) is 22.1 Å². The van der Waals surface area contributed by atoms with Gasteiger partial charge in [0.2, 0.25) is 0 Å². The number of ketones is 1. The number of anilines is 1. The third-order valence-electron chi connectivity index (χ3n) is 1.76. The summed E-state index contributed by atoms with van der Waals surface area (Å²) >= 11 is 5.62. The van der Waals surface area contributed by atoms with Crippen molar-refractivity contribution < 1.29 is 9.18 Å². The summed E-state index contributed by atoms with van der Waals surface area (Å²) < 4.78 is 13.1. The van der Waals surface area contributed by atoms with E-state index >= 15 is 0 Å². The fourth-order valence-corrected chi connectivity index (χ4v) is 1.33. The maximum atomic E-state index is 13.1. The molecular formula is C9H8ClFNO2-. The van der Waals surface area contributed by atoms with Gasteiger partial charge in [-0.05, 0) is 26.1 Å². The average molecular weight is 217 g/mol. The molecule has 0 aliphatic carbocycles. The lowest BCUT2D eigenvalue weighted by Gasteiger charge is -2.25. The van der Waals surface area contributed by atoms with E-state index in [0.29, 0.717) is 5.06 Å². The number of rotatable bonds is 2. The fraction of sp³-hybridized carbons (Fsp3) is 0.222. The molecule has 5 heteroatoms. The van der Waals surface area contributed by atoms with E-state index in [2.05, 4.69) is 0 Å². The lowest BCUT2D eigenvalue weighted by molar-refractivity contribution is 0.101. The van der Waals surface area contributed by atoms with Crippen LogP contribution in [-0.4, -0.2) is 12.8 Å². The van der Waals surface area contributed by atoms with Crippen LogP contribution in [0.5, 0.6) is 0 Å². The molecule has 1 rings (SSSR count). The number of benzene rings is 1. The normalized spacial score (nSPS) is 10.1. The zero-order valence-electron chi connectivity index (χ0n) is 7.67. The van der Waals surface area contributed by atoms with Crippen molar-refractivity contribution in [3.8, 4) is 0 Å². The Bertz CT molecular complexity index is 379. The van der Waals surface area contributed by atoms with Crippen LogP contribution in [0.1, 0.15) is 17.3 Å². The quantitative estimate of drug-likeness (QED) is 0.564. The molecule has 0 fully saturated rings. The summed E-state index contributed by atoms with van der Waals surface area (Å²) in [4.78, 5) is 11.0. The number of halogens is 2. The molecule has 0 bridgehead atoms. The lowest BCUT2D eigenvalue weighted by Crippen LogP contribution is -2.09. The summed E-state index contributed by atoms with van der Waals surface area (Å²) in [6, 6.07) is 2.11. The van der Waals surface area contributed by atoms with Gasteiger partial charge >= 0.3 is 0 Å². The molecule has 0 saturated carbocycles. The van der Waals surface area contributed by atoms with E-state index in [4.69, 9.17) is 11.6 Å². The molecule has 0 heterocycles. The summed E-state index contributed by atoms with van der Waals surface area (Å²) in [6.45, 7) is 1.30. The number of nitrogens with zero attached hydrogens (tertiary/aromatic N) is 1. The van der Waals surface area contributed by atoms with Crippen molar-refractivity contribution in [2.75, 3.05) is 12.1 Å². The van der Waals surface area contributed by atoms with Crippen LogP contribution in [0, 0.1) is 11.0 Å². The summed E-state index contributed by atoms with van der Waals surface area (Å²) in [5.74, 6) is -1.05. The number of Topliss-reactive ketones (excluding diaryl/α,β-unsaturated/α-hetero) is 1. The van der Waals surface area contributed by atoms with E-state index in [9.17, 15) is 14.4 Å². The van der Waals surface area contributed by atoms with Gasteiger partial charge in [0, 0.05) is 5.56 Å². The van der Waals surface area contributed by atoms with Gasteiger partial charge in [-0.2, -0.15) is 0 Å². The van der Waals surface area contributed by atoms with Crippen molar-refractivity contribution in [3.63, 3.8) is 0 Å². The monoisotopic (exact) mass is 216 g/mol. The average Bonchev–Trinajstić information content (AvgIpc) is 2.02. The van der Waals surface area contributed by atoms with Crippen LogP contribution in [0.4, 0.5) is 10.1 Å². The van der Waals surface area contributed by atoms with Crippen LogP contribution in [-0.2, 0) is 0 Å². The van der Waals surface area contributed by atoms with Crippen LogP contribution in [0.25, 0.3) is 0 Å². The number of hydrogen-bond acceptors (Lipinski definition) is 3. The highest BCUT2D eigenvalue weighted by Crippen LogP contribution is 2.26. The number of carbonyl (C=O) groups is 1. The van der Waals surface area contributed by atoms with Crippen LogP contribution in [0.2, 0.25) is 5.02 Å². The maximum absolute atomic E-state index is 13.1. The molecule has 0 aliphatic heterocycles. The summed E-state index contributed by atoms with van der Waals surface area (Å²) in [5.41, 5.74) is -0.0506. The molecule has 0 saturated heterocycles. The molecule has 0 spiro atoms. The summed E-state index contributed by atoms with van der Waals surface area (Å²) in [7, 11) is 1.15. The van der Waals surface area contributed by atoms with Crippen molar-refractivity contribution in [3.05, 3.63) is 33.7 Å². The van der Waals surface area contributed by atoms with Gasteiger partial charge in [-0.25, -0.2) is 4.39 Å². The Morgan fingerprint density at radius 2 is 2.14 bits per heavy atom. The Kier molecular flexibility index (Phi) is 3.08. The van der Waals surface area contributed by atoms with Crippen LogP contribution >= 0.6 is 11.6 Å². The summed E-state index contributed by atoms with van der Waals surface area (Å²) in [6.07, 6.45) is 0. The predicted octanol–water partition coefficient (Wildman–Crippen LogP) is 2.62. The van der Waals surface area contributed by atoms with E-state index in [1.165, 1.54) is 6.92 Å². The Morgan fingerprint density at radius 3 is 2.57 bits per heavy atom. The highest BCUT2D eigenvalue weighted by molar-refractivity contribution is 6.34. The van der Waals surface area contributed by atoms with E-state index < -0.39 is 5.82 Å². The SMILES string of the molecule is CC(=O)c1cc(N(C)[O-])c(F)cc1Cl. The van der Waals surface area contributed by atoms with Crippen molar-refractivity contribution in [2.45, 2.75) is 6.92 Å². The number of hydroxylamine groups is 1. The highest BCUT2D eigenvalue weighted by atomic mass is 35.5. The van der Waals surface area contributed by atoms with E-state index in [1.54, 1.807) is 0 Å². The first-order valence-electron chi connectivity index (χ1n) is 3.84. The molecule has 0 aliphatic rings. The van der Waals surface area contributed by atoms with E-state index in [1.807, 2.05) is 0 Å². The second-order valence-corrected chi connectivity index (χ2v) is 3.24. The first-order chi connectivity index (χ1) is 6.43. The second-order valence-electron chi connectivity index (χ2n) is 2.84. The minimum absolute atomic E-state index is 0.0144. The Balaban J connectivity index is 3.34. The molecule has 0 amide bonds. The first kappa shape index (κ1) is 10.9. The van der Waals surface area contributed by atoms with Gasteiger partial charge in [-0.15, -0.1) is 0 Å². The first-order valence-corrected chi connectivity index (χ1v) is 4.22. The molecule has 3 nitrogen and oxygen atoms in total. The third-order valence-corrected chi connectivity index (χ3v) is 2.07. The highest BCUT2D eigenvalue weighted by Gasteiger charge is 2.11. The molecule has 0 N–H and O–H groups in total. The van der Waals surface area contributed by atoms with Gasteiger partial charge in [0.15, 0.2) is 5.78 Å². The molecule has 0 unspecified atom stereocenters.